The van der Waals surface area contributed by atoms with E-state index in [1.54, 1.807) is 0 Å². The second-order valence-corrected chi connectivity index (χ2v) is 9.69. The van der Waals surface area contributed by atoms with Gasteiger partial charge < -0.3 is 15.3 Å². The summed E-state index contributed by atoms with van der Waals surface area (Å²) in [5.41, 5.74) is 6.29. The average molecular weight is 506 g/mol. The first-order valence-corrected chi connectivity index (χ1v) is 12.2. The van der Waals surface area contributed by atoms with Crippen LogP contribution in [0.25, 0.3) is 0 Å². The Morgan fingerprint density at radius 3 is 2.25 bits per heavy atom. The number of benzene rings is 2. The van der Waals surface area contributed by atoms with Gasteiger partial charge in [0, 0.05) is 42.1 Å². The summed E-state index contributed by atoms with van der Waals surface area (Å²) in [7, 11) is 0. The largest absolute Gasteiger partial charge is 0.490 e. The summed E-state index contributed by atoms with van der Waals surface area (Å²) in [6, 6.07) is 13.7. The van der Waals surface area contributed by atoms with E-state index in [2.05, 4.69) is 41.1 Å². The van der Waals surface area contributed by atoms with E-state index in [4.69, 9.17) is 9.90 Å². The summed E-state index contributed by atoms with van der Waals surface area (Å²) in [5, 5.41) is 10.2. The first-order valence-electron chi connectivity index (χ1n) is 12.2. The highest BCUT2D eigenvalue weighted by Gasteiger charge is 2.38. The number of hydrogen-bond acceptors (Lipinski definition) is 4. The molecule has 2 fully saturated rings. The van der Waals surface area contributed by atoms with Gasteiger partial charge in [0.05, 0.1) is 0 Å². The van der Waals surface area contributed by atoms with Crippen molar-refractivity contribution in [3.05, 3.63) is 58.7 Å². The van der Waals surface area contributed by atoms with Gasteiger partial charge in [0.1, 0.15) is 0 Å². The molecule has 2 heterocycles. The number of carboxylic acid groups (broad SMARTS) is 1. The number of nitrogens with one attached hydrogen (secondary N) is 1. The fourth-order valence-electron chi connectivity index (χ4n) is 5.08. The fourth-order valence-corrected chi connectivity index (χ4v) is 5.08. The van der Waals surface area contributed by atoms with Gasteiger partial charge in [-0.1, -0.05) is 17.7 Å². The number of likely N-dealkylation sites (tertiary alicyclic amines) is 1. The summed E-state index contributed by atoms with van der Waals surface area (Å²) in [5.74, 6) is -2.80. The van der Waals surface area contributed by atoms with Crippen LogP contribution in [0, 0.1) is 20.8 Å². The molecule has 2 atom stereocenters. The molecular weight excluding hydrogens is 471 g/mol. The van der Waals surface area contributed by atoms with E-state index in [1.165, 1.54) is 42.6 Å². The van der Waals surface area contributed by atoms with Gasteiger partial charge in [-0.05, 0) is 88.9 Å². The number of halogens is 3. The Balaban J connectivity index is 0.000000454. The van der Waals surface area contributed by atoms with Crippen LogP contribution in [-0.2, 0) is 4.79 Å². The Kier molecular flexibility index (Phi) is 8.66. The molecule has 2 aliphatic heterocycles. The van der Waals surface area contributed by atoms with Crippen LogP contribution in [0.4, 0.5) is 24.5 Å². The number of aliphatic carboxylic acids is 1. The maximum atomic E-state index is 12.7. The molecule has 4 rings (SSSR count). The molecule has 0 saturated carbocycles. The average Bonchev–Trinajstić information content (AvgIpc) is 3.42. The van der Waals surface area contributed by atoms with Crippen LogP contribution in [0.5, 0.6) is 0 Å². The number of aryl methyl sites for hydroxylation is 3. The van der Waals surface area contributed by atoms with Gasteiger partial charge >= 0.3 is 12.1 Å². The smallest absolute Gasteiger partial charge is 0.475 e. The van der Waals surface area contributed by atoms with E-state index in [9.17, 15) is 18.0 Å². The Morgan fingerprint density at radius 1 is 1.00 bits per heavy atom. The Hall–Kier alpha value is -3.07. The van der Waals surface area contributed by atoms with Crippen LogP contribution in [0.15, 0.2) is 36.4 Å². The fraction of sp³-hybridized carbons (Fsp3) is 0.481. The van der Waals surface area contributed by atoms with Gasteiger partial charge in [-0.15, -0.1) is 0 Å². The zero-order valence-corrected chi connectivity index (χ0v) is 21.2. The molecule has 36 heavy (non-hydrogen) atoms. The van der Waals surface area contributed by atoms with Crippen molar-refractivity contribution in [3.63, 3.8) is 0 Å². The lowest BCUT2D eigenvalue weighted by Crippen LogP contribution is -2.39. The molecule has 6 nitrogen and oxygen atoms in total. The van der Waals surface area contributed by atoms with Crippen molar-refractivity contribution in [2.75, 3.05) is 29.9 Å². The maximum Gasteiger partial charge on any atom is 0.490 e. The SMILES string of the molecule is Cc1ccc(C(=O)Nc2ccc(N3CCC(N4CCCC4C)C3)c(C)c2)c(C)c1.O=C(O)C(F)(F)F. The lowest BCUT2D eigenvalue weighted by molar-refractivity contribution is -0.192. The van der Waals surface area contributed by atoms with Gasteiger partial charge in [-0.3, -0.25) is 9.69 Å². The van der Waals surface area contributed by atoms with Crippen LogP contribution >= 0.6 is 0 Å². The number of carbonyl (C=O) groups is 2. The minimum atomic E-state index is -5.08. The summed E-state index contributed by atoms with van der Waals surface area (Å²) in [4.78, 5) is 26.8. The van der Waals surface area contributed by atoms with Crippen LogP contribution in [0.3, 0.4) is 0 Å². The quantitative estimate of drug-likeness (QED) is 0.569. The second-order valence-electron chi connectivity index (χ2n) is 9.69. The summed E-state index contributed by atoms with van der Waals surface area (Å²) in [6.07, 6.45) is -1.16. The van der Waals surface area contributed by atoms with E-state index < -0.39 is 12.1 Å². The number of carboxylic acids is 1. The number of nitrogens with zero attached hydrogens (tertiary/aromatic N) is 2. The Bertz CT molecular complexity index is 1100. The second kappa shape index (κ2) is 11.3. The highest BCUT2D eigenvalue weighted by atomic mass is 19.4. The van der Waals surface area contributed by atoms with Crippen LogP contribution in [-0.4, -0.2) is 59.8 Å². The number of anilines is 2. The third-order valence-corrected chi connectivity index (χ3v) is 6.90. The minimum absolute atomic E-state index is 0.0427. The predicted molar refractivity (Wildman–Crippen MR) is 135 cm³/mol. The number of amides is 1. The molecule has 0 bridgehead atoms. The molecular formula is C27H34F3N3O3. The van der Waals surface area contributed by atoms with Crippen molar-refractivity contribution >= 4 is 23.3 Å². The number of alkyl halides is 3. The zero-order chi connectivity index (χ0) is 26.6. The van der Waals surface area contributed by atoms with Gasteiger partial charge in [0.15, 0.2) is 0 Å². The van der Waals surface area contributed by atoms with Crippen LogP contribution in [0.1, 0.15) is 53.2 Å². The maximum absolute atomic E-state index is 12.7. The van der Waals surface area contributed by atoms with Crippen molar-refractivity contribution in [1.82, 2.24) is 4.90 Å². The molecule has 2 saturated heterocycles. The highest BCUT2D eigenvalue weighted by molar-refractivity contribution is 6.05. The van der Waals surface area contributed by atoms with E-state index >= 15 is 0 Å². The number of carbonyl (C=O) groups excluding carboxylic acids is 1. The summed E-state index contributed by atoms with van der Waals surface area (Å²) >= 11 is 0. The first-order chi connectivity index (χ1) is 16.9. The normalized spacial score (nSPS) is 20.1. The molecule has 2 unspecified atom stereocenters. The van der Waals surface area contributed by atoms with Crippen molar-refractivity contribution < 1.29 is 27.9 Å². The van der Waals surface area contributed by atoms with Crippen molar-refractivity contribution in [3.8, 4) is 0 Å². The van der Waals surface area contributed by atoms with E-state index in [0.717, 1.165) is 35.9 Å². The molecule has 0 spiro atoms. The Morgan fingerprint density at radius 2 is 1.69 bits per heavy atom. The molecule has 0 aliphatic carbocycles. The van der Waals surface area contributed by atoms with Crippen molar-refractivity contribution in [2.45, 2.75) is 65.2 Å². The lowest BCUT2D eigenvalue weighted by atomic mass is 10.0. The molecule has 2 N–H and O–H groups in total. The molecule has 0 radical (unpaired) electrons. The summed E-state index contributed by atoms with van der Waals surface area (Å²) < 4.78 is 31.7. The van der Waals surface area contributed by atoms with Crippen molar-refractivity contribution in [1.29, 1.82) is 0 Å². The van der Waals surface area contributed by atoms with Crippen molar-refractivity contribution in [2.24, 2.45) is 0 Å². The topological polar surface area (TPSA) is 72.9 Å². The molecule has 2 aromatic carbocycles. The van der Waals surface area contributed by atoms with Crippen LogP contribution < -0.4 is 10.2 Å². The molecule has 2 aliphatic rings. The van der Waals surface area contributed by atoms with Gasteiger partial charge in [-0.25, -0.2) is 4.79 Å². The lowest BCUT2D eigenvalue weighted by Gasteiger charge is -2.29. The van der Waals surface area contributed by atoms with E-state index in [0.29, 0.717) is 6.04 Å². The zero-order valence-electron chi connectivity index (χ0n) is 21.2. The first kappa shape index (κ1) is 27.5. The van der Waals surface area contributed by atoms with Gasteiger partial charge in [-0.2, -0.15) is 13.2 Å². The number of rotatable bonds is 4. The highest BCUT2D eigenvalue weighted by Crippen LogP contribution is 2.31. The third kappa shape index (κ3) is 6.78. The van der Waals surface area contributed by atoms with Gasteiger partial charge in [0.2, 0.25) is 0 Å². The molecule has 1 amide bonds. The molecule has 196 valence electrons. The van der Waals surface area contributed by atoms with Gasteiger partial charge in [0.25, 0.3) is 5.91 Å². The van der Waals surface area contributed by atoms with E-state index in [-0.39, 0.29) is 5.91 Å². The standard InChI is InChI=1S/C25H33N3O.C2HF3O2/c1-17-7-9-23(18(2)14-17)25(29)26-21-8-10-24(19(3)15-21)27-13-11-22(16-27)28-12-5-6-20(28)4;3-2(4,5)1(6)7/h7-10,14-15,20,22H,5-6,11-13,16H2,1-4H3,(H,26,29);(H,6,7). The summed E-state index contributed by atoms with van der Waals surface area (Å²) in [6.45, 7) is 12.0. The van der Waals surface area contributed by atoms with E-state index in [1.807, 2.05) is 38.1 Å². The molecule has 9 heteroatoms. The number of hydrogen-bond donors (Lipinski definition) is 2. The molecule has 0 aromatic heterocycles. The molecule has 2 aromatic rings. The minimum Gasteiger partial charge on any atom is -0.475 e. The van der Waals surface area contributed by atoms with Crippen LogP contribution in [0.2, 0.25) is 0 Å². The Labute approximate surface area is 210 Å². The third-order valence-electron chi connectivity index (χ3n) is 6.90. The monoisotopic (exact) mass is 505 g/mol. The predicted octanol–water partition coefficient (Wildman–Crippen LogP) is 5.56.